The summed E-state index contributed by atoms with van der Waals surface area (Å²) in [6, 6.07) is 2.35. The summed E-state index contributed by atoms with van der Waals surface area (Å²) in [6.07, 6.45) is 4.91. The topological polar surface area (TPSA) is 90.0 Å². The summed E-state index contributed by atoms with van der Waals surface area (Å²) in [5.41, 5.74) is 5.61. The molecule has 2 aromatic rings. The highest BCUT2D eigenvalue weighted by atomic mass is 32.2. The van der Waals surface area contributed by atoms with Crippen LogP contribution in [0.4, 0.5) is 10.1 Å². The van der Waals surface area contributed by atoms with Crippen molar-refractivity contribution >= 4 is 15.7 Å². The third-order valence-electron chi connectivity index (χ3n) is 2.83. The van der Waals surface area contributed by atoms with Gasteiger partial charge in [-0.25, -0.2) is 22.5 Å². The first-order valence-corrected chi connectivity index (χ1v) is 7.39. The van der Waals surface area contributed by atoms with Crippen LogP contribution in [-0.4, -0.2) is 24.5 Å². The van der Waals surface area contributed by atoms with Crippen LogP contribution in [0.5, 0.6) is 0 Å². The number of hydrogen-bond acceptors (Lipinski definition) is 4. The maximum atomic E-state index is 13.5. The second-order valence-corrected chi connectivity index (χ2v) is 6.06. The van der Waals surface area contributed by atoms with E-state index in [1.165, 1.54) is 13.0 Å². The average molecular weight is 298 g/mol. The van der Waals surface area contributed by atoms with Gasteiger partial charge >= 0.3 is 0 Å². The number of hydrogen-bond donors (Lipinski definition) is 2. The standard InChI is InChI=1S/C12H15FN4O2S/c1-9-11(13)6-10(14)7-12(9)20(18,19)16-3-5-17-4-2-15-8-17/h2,4,6-8,16H,3,5,14H2,1H3. The molecule has 108 valence electrons. The van der Waals surface area contributed by atoms with E-state index in [9.17, 15) is 12.8 Å². The van der Waals surface area contributed by atoms with Crippen LogP contribution in [0.2, 0.25) is 0 Å². The Bertz CT molecular complexity index is 698. The summed E-state index contributed by atoms with van der Waals surface area (Å²) in [5, 5.41) is 0. The number of sulfonamides is 1. The Morgan fingerprint density at radius 1 is 1.45 bits per heavy atom. The molecule has 0 radical (unpaired) electrons. The van der Waals surface area contributed by atoms with Crippen LogP contribution >= 0.6 is 0 Å². The van der Waals surface area contributed by atoms with Crippen LogP contribution in [0, 0.1) is 12.7 Å². The van der Waals surface area contributed by atoms with E-state index < -0.39 is 15.8 Å². The second-order valence-electron chi connectivity index (χ2n) is 4.32. The van der Waals surface area contributed by atoms with Crippen LogP contribution in [0.3, 0.4) is 0 Å². The molecule has 0 saturated heterocycles. The minimum atomic E-state index is -3.79. The Kier molecular flexibility index (Phi) is 4.05. The maximum Gasteiger partial charge on any atom is 0.241 e. The molecule has 6 nitrogen and oxygen atoms in total. The number of halogens is 1. The monoisotopic (exact) mass is 298 g/mol. The Hall–Kier alpha value is -1.93. The molecule has 2 rings (SSSR count). The van der Waals surface area contributed by atoms with Crippen LogP contribution in [0.25, 0.3) is 0 Å². The van der Waals surface area contributed by atoms with Gasteiger partial charge in [-0.2, -0.15) is 0 Å². The van der Waals surface area contributed by atoms with Crippen molar-refractivity contribution in [1.82, 2.24) is 14.3 Å². The lowest BCUT2D eigenvalue weighted by Crippen LogP contribution is -2.28. The van der Waals surface area contributed by atoms with E-state index in [-0.39, 0.29) is 22.7 Å². The lowest BCUT2D eigenvalue weighted by molar-refractivity contribution is 0.567. The molecular weight excluding hydrogens is 283 g/mol. The maximum absolute atomic E-state index is 13.5. The van der Waals surface area contributed by atoms with Crippen molar-refractivity contribution in [2.45, 2.75) is 18.4 Å². The van der Waals surface area contributed by atoms with Crippen LogP contribution in [-0.2, 0) is 16.6 Å². The van der Waals surface area contributed by atoms with Gasteiger partial charge in [-0.3, -0.25) is 0 Å². The van der Waals surface area contributed by atoms with Gasteiger partial charge < -0.3 is 10.3 Å². The molecule has 0 aliphatic rings. The molecule has 0 aliphatic heterocycles. The third-order valence-corrected chi connectivity index (χ3v) is 4.42. The van der Waals surface area contributed by atoms with Gasteiger partial charge in [0.05, 0.1) is 11.2 Å². The number of nitrogens with zero attached hydrogens (tertiary/aromatic N) is 2. The van der Waals surface area contributed by atoms with E-state index in [4.69, 9.17) is 5.73 Å². The van der Waals surface area contributed by atoms with E-state index >= 15 is 0 Å². The molecule has 1 aromatic heterocycles. The van der Waals surface area contributed by atoms with Crippen molar-refractivity contribution in [2.24, 2.45) is 0 Å². The van der Waals surface area contributed by atoms with Gasteiger partial charge in [0, 0.05) is 36.7 Å². The van der Waals surface area contributed by atoms with Gasteiger partial charge in [0.25, 0.3) is 0 Å². The summed E-state index contributed by atoms with van der Waals surface area (Å²) >= 11 is 0. The zero-order valence-corrected chi connectivity index (χ0v) is 11.7. The zero-order valence-electron chi connectivity index (χ0n) is 10.9. The highest BCUT2D eigenvalue weighted by molar-refractivity contribution is 7.89. The van der Waals surface area contributed by atoms with E-state index in [0.29, 0.717) is 6.54 Å². The molecule has 1 heterocycles. The smallest absolute Gasteiger partial charge is 0.241 e. The third kappa shape index (κ3) is 3.14. The molecule has 0 aliphatic carbocycles. The molecule has 0 saturated carbocycles. The lowest BCUT2D eigenvalue weighted by Gasteiger charge is -2.11. The summed E-state index contributed by atoms with van der Waals surface area (Å²) in [6.45, 7) is 2.01. The number of aromatic nitrogens is 2. The molecule has 0 spiro atoms. The number of rotatable bonds is 5. The van der Waals surface area contributed by atoms with Crippen LogP contribution in [0.15, 0.2) is 35.7 Å². The molecule has 0 fully saturated rings. The minimum Gasteiger partial charge on any atom is -0.399 e. The molecular formula is C12H15FN4O2S. The fourth-order valence-corrected chi connectivity index (χ4v) is 3.07. The first-order chi connectivity index (χ1) is 9.40. The molecule has 20 heavy (non-hydrogen) atoms. The lowest BCUT2D eigenvalue weighted by atomic mass is 10.2. The normalized spacial score (nSPS) is 11.7. The SMILES string of the molecule is Cc1c(F)cc(N)cc1S(=O)(=O)NCCn1ccnc1. The first-order valence-electron chi connectivity index (χ1n) is 5.91. The zero-order chi connectivity index (χ0) is 14.8. The summed E-state index contributed by atoms with van der Waals surface area (Å²) in [7, 11) is -3.79. The number of anilines is 1. The second kappa shape index (κ2) is 5.59. The highest BCUT2D eigenvalue weighted by Gasteiger charge is 2.19. The van der Waals surface area contributed by atoms with Crippen LogP contribution in [0.1, 0.15) is 5.56 Å². The minimum absolute atomic E-state index is 0.0503. The molecule has 0 amide bonds. The van der Waals surface area contributed by atoms with E-state index in [2.05, 4.69) is 9.71 Å². The number of benzene rings is 1. The van der Waals surface area contributed by atoms with Crippen molar-refractivity contribution in [1.29, 1.82) is 0 Å². The summed E-state index contributed by atoms with van der Waals surface area (Å²) < 4.78 is 41.9. The Labute approximate surface area is 116 Å². The molecule has 8 heteroatoms. The quantitative estimate of drug-likeness (QED) is 0.802. The predicted octanol–water partition coefficient (Wildman–Crippen LogP) is 0.891. The van der Waals surface area contributed by atoms with Gasteiger partial charge in [-0.1, -0.05) is 0 Å². The fourth-order valence-electron chi connectivity index (χ4n) is 1.76. The van der Waals surface area contributed by atoms with E-state index in [1.807, 2.05) is 0 Å². The van der Waals surface area contributed by atoms with Crippen molar-refractivity contribution in [3.63, 3.8) is 0 Å². The van der Waals surface area contributed by atoms with Gasteiger partial charge in [0.15, 0.2) is 0 Å². The average Bonchev–Trinajstić information content (AvgIpc) is 2.86. The molecule has 0 atom stereocenters. The number of nitrogens with one attached hydrogen (secondary N) is 1. The van der Waals surface area contributed by atoms with Crippen molar-refractivity contribution in [2.75, 3.05) is 12.3 Å². The van der Waals surface area contributed by atoms with Crippen molar-refractivity contribution < 1.29 is 12.8 Å². The first kappa shape index (κ1) is 14.5. The van der Waals surface area contributed by atoms with E-state index in [0.717, 1.165) is 6.07 Å². The van der Waals surface area contributed by atoms with Gasteiger partial charge in [-0.05, 0) is 19.1 Å². The van der Waals surface area contributed by atoms with Gasteiger partial charge in [0.2, 0.25) is 10.0 Å². The Morgan fingerprint density at radius 3 is 2.85 bits per heavy atom. The van der Waals surface area contributed by atoms with Crippen LogP contribution < -0.4 is 10.5 Å². The molecule has 1 aromatic carbocycles. The Balaban J connectivity index is 2.14. The highest BCUT2D eigenvalue weighted by Crippen LogP contribution is 2.21. The summed E-state index contributed by atoms with van der Waals surface area (Å²) in [4.78, 5) is 3.71. The molecule has 0 bridgehead atoms. The number of imidazole rings is 1. The van der Waals surface area contributed by atoms with Crippen molar-refractivity contribution in [3.05, 3.63) is 42.2 Å². The number of nitrogens with two attached hydrogens (primary N) is 1. The number of nitrogen functional groups attached to an aromatic ring is 1. The van der Waals surface area contributed by atoms with E-state index in [1.54, 1.807) is 23.3 Å². The fraction of sp³-hybridized carbons (Fsp3) is 0.250. The molecule has 3 N–H and O–H groups in total. The largest absolute Gasteiger partial charge is 0.399 e. The van der Waals surface area contributed by atoms with Gasteiger partial charge in [-0.15, -0.1) is 0 Å². The predicted molar refractivity (Wildman–Crippen MR) is 73.0 cm³/mol. The van der Waals surface area contributed by atoms with Gasteiger partial charge in [0.1, 0.15) is 5.82 Å². The molecule has 0 unspecified atom stereocenters. The summed E-state index contributed by atoms with van der Waals surface area (Å²) in [5.74, 6) is -0.639. The Morgan fingerprint density at radius 2 is 2.20 bits per heavy atom. The van der Waals surface area contributed by atoms with Crippen molar-refractivity contribution in [3.8, 4) is 0 Å².